The zero-order valence-electron chi connectivity index (χ0n) is 18.7. The van der Waals surface area contributed by atoms with Crippen LogP contribution >= 0.6 is 0 Å². The summed E-state index contributed by atoms with van der Waals surface area (Å²) in [5.41, 5.74) is 3.72. The highest BCUT2D eigenvalue weighted by atomic mass is 19.1. The Bertz CT molecular complexity index is 765. The third-order valence-corrected chi connectivity index (χ3v) is 4.79. The lowest BCUT2D eigenvalue weighted by atomic mass is 10.0. The molecule has 5 heteroatoms. The van der Waals surface area contributed by atoms with Gasteiger partial charge in [0.15, 0.2) is 0 Å². The van der Waals surface area contributed by atoms with Crippen LogP contribution in [0, 0.1) is 11.7 Å². The lowest BCUT2D eigenvalue weighted by molar-refractivity contribution is 0.402. The number of nitrogens with one attached hydrogen (secondary N) is 1. The van der Waals surface area contributed by atoms with Crippen molar-refractivity contribution in [3.63, 3.8) is 0 Å². The first kappa shape index (κ1) is 24.5. The number of likely N-dealkylation sites (tertiary alicyclic amines) is 1. The quantitative estimate of drug-likeness (QED) is 0.521. The third kappa shape index (κ3) is 9.01. The Morgan fingerprint density at radius 3 is 2.34 bits per heavy atom. The fraction of sp³-hybridized carbons (Fsp3) is 0.417. The molecule has 4 nitrogen and oxygen atoms in total. The number of aliphatic imine (C=N–C) groups is 2. The van der Waals surface area contributed by atoms with Gasteiger partial charge in [-0.15, -0.1) is 0 Å². The summed E-state index contributed by atoms with van der Waals surface area (Å²) in [6.45, 7) is 14.5. The minimum absolute atomic E-state index is 0.258. The predicted octanol–water partition coefficient (Wildman–Crippen LogP) is 5.31. The van der Waals surface area contributed by atoms with Gasteiger partial charge in [-0.25, -0.2) is 9.38 Å². The largest absolute Gasteiger partial charge is 0.374 e. The maximum atomic E-state index is 13.1. The molecule has 29 heavy (non-hydrogen) atoms. The van der Waals surface area contributed by atoms with Gasteiger partial charge in [0.05, 0.1) is 5.70 Å². The highest BCUT2D eigenvalue weighted by Crippen LogP contribution is 2.24. The molecule has 1 aliphatic heterocycles. The van der Waals surface area contributed by atoms with Gasteiger partial charge in [0.1, 0.15) is 11.6 Å². The van der Waals surface area contributed by atoms with E-state index in [2.05, 4.69) is 40.8 Å². The van der Waals surface area contributed by atoms with Crippen LogP contribution in [0.5, 0.6) is 0 Å². The molecule has 1 aliphatic rings. The van der Waals surface area contributed by atoms with Gasteiger partial charge in [-0.2, -0.15) is 0 Å². The van der Waals surface area contributed by atoms with Gasteiger partial charge in [0, 0.05) is 31.6 Å². The fourth-order valence-electron chi connectivity index (χ4n) is 2.90. The lowest BCUT2D eigenvalue weighted by Gasteiger charge is -2.09. The molecule has 1 saturated heterocycles. The van der Waals surface area contributed by atoms with Crippen LogP contribution in [-0.4, -0.2) is 44.5 Å². The van der Waals surface area contributed by atoms with E-state index in [1.165, 1.54) is 31.6 Å². The molecule has 1 unspecified atom stereocenters. The highest BCUT2D eigenvalue weighted by Gasteiger charge is 2.13. The van der Waals surface area contributed by atoms with Crippen LogP contribution in [0.1, 0.15) is 39.7 Å². The summed E-state index contributed by atoms with van der Waals surface area (Å²) in [7, 11) is 3.95. The Labute approximate surface area is 175 Å². The summed E-state index contributed by atoms with van der Waals surface area (Å²) >= 11 is 0. The van der Waals surface area contributed by atoms with Crippen molar-refractivity contribution in [2.24, 2.45) is 15.9 Å². The molecule has 1 heterocycles. The van der Waals surface area contributed by atoms with Crippen molar-refractivity contribution in [2.75, 3.05) is 27.2 Å². The van der Waals surface area contributed by atoms with Gasteiger partial charge in [0.25, 0.3) is 0 Å². The Kier molecular flexibility index (Phi) is 10.8. The second kappa shape index (κ2) is 12.8. The fourth-order valence-corrected chi connectivity index (χ4v) is 2.90. The Balaban J connectivity index is 0.000000502. The molecular formula is C24H35FN4. The molecule has 0 aliphatic carbocycles. The van der Waals surface area contributed by atoms with Gasteiger partial charge in [0.2, 0.25) is 0 Å². The van der Waals surface area contributed by atoms with Crippen LogP contribution in [-0.2, 0) is 0 Å². The van der Waals surface area contributed by atoms with E-state index in [4.69, 9.17) is 0 Å². The molecule has 158 valence electrons. The molecule has 0 bridgehead atoms. The van der Waals surface area contributed by atoms with Crippen LogP contribution in [0.15, 0.2) is 63.9 Å². The number of nitrogens with zero attached hydrogens (tertiary/aromatic N) is 3. The number of rotatable bonds is 6. The van der Waals surface area contributed by atoms with E-state index in [1.807, 2.05) is 26.8 Å². The van der Waals surface area contributed by atoms with Crippen LogP contribution in [0.3, 0.4) is 0 Å². The van der Waals surface area contributed by atoms with Crippen molar-refractivity contribution in [1.82, 2.24) is 10.2 Å². The number of halogens is 1. The number of benzene rings is 1. The molecule has 0 amide bonds. The Morgan fingerprint density at radius 1 is 1.24 bits per heavy atom. The van der Waals surface area contributed by atoms with Crippen molar-refractivity contribution in [3.8, 4) is 0 Å². The van der Waals surface area contributed by atoms with Crippen LogP contribution in [0.2, 0.25) is 0 Å². The third-order valence-electron chi connectivity index (χ3n) is 4.79. The molecule has 0 radical (unpaired) electrons. The number of hydrogen-bond donors (Lipinski definition) is 1. The van der Waals surface area contributed by atoms with E-state index >= 15 is 0 Å². The lowest BCUT2D eigenvalue weighted by Crippen LogP contribution is -2.12. The summed E-state index contributed by atoms with van der Waals surface area (Å²) in [6, 6.07) is 6.33. The van der Waals surface area contributed by atoms with E-state index in [-0.39, 0.29) is 5.82 Å². The van der Waals surface area contributed by atoms with E-state index in [1.54, 1.807) is 31.6 Å². The smallest absolute Gasteiger partial charge is 0.123 e. The molecule has 2 rings (SSSR count). The average molecular weight is 399 g/mol. The first-order valence-corrected chi connectivity index (χ1v) is 10.0. The second-order valence-corrected chi connectivity index (χ2v) is 7.35. The van der Waals surface area contributed by atoms with Crippen molar-refractivity contribution < 1.29 is 4.39 Å². The molecular weight excluding hydrogens is 363 g/mol. The minimum atomic E-state index is -0.258. The zero-order valence-corrected chi connectivity index (χ0v) is 18.7. The first-order chi connectivity index (χ1) is 13.8. The van der Waals surface area contributed by atoms with Gasteiger partial charge in [-0.05, 0) is 88.2 Å². The highest BCUT2D eigenvalue weighted by molar-refractivity contribution is 5.80. The molecule has 1 aromatic rings. The monoisotopic (exact) mass is 398 g/mol. The molecule has 0 aromatic heterocycles. The van der Waals surface area contributed by atoms with E-state index in [0.717, 1.165) is 28.3 Å². The first-order valence-electron chi connectivity index (χ1n) is 10.0. The molecule has 1 N–H and O–H groups in total. The second-order valence-electron chi connectivity index (χ2n) is 7.35. The number of hydrogen-bond acceptors (Lipinski definition) is 4. The van der Waals surface area contributed by atoms with Crippen LogP contribution in [0.4, 0.5) is 4.39 Å². The molecule has 1 fully saturated rings. The normalized spacial score (nSPS) is 18.6. The maximum absolute atomic E-state index is 13.1. The number of allylic oxidation sites excluding steroid dienone is 3. The average Bonchev–Trinajstić information content (AvgIpc) is 3.09. The molecule has 1 aromatic carbocycles. The van der Waals surface area contributed by atoms with Crippen molar-refractivity contribution >= 4 is 18.1 Å². The zero-order chi connectivity index (χ0) is 21.8. The van der Waals surface area contributed by atoms with Gasteiger partial charge in [-0.1, -0.05) is 13.5 Å². The molecule has 1 atom stereocenters. The summed E-state index contributed by atoms with van der Waals surface area (Å²) < 4.78 is 13.1. The summed E-state index contributed by atoms with van der Waals surface area (Å²) in [4.78, 5) is 10.9. The van der Waals surface area contributed by atoms with Crippen LogP contribution in [0.25, 0.3) is 5.70 Å². The van der Waals surface area contributed by atoms with Gasteiger partial charge in [-0.3, -0.25) is 4.99 Å². The van der Waals surface area contributed by atoms with Crippen molar-refractivity contribution in [1.29, 1.82) is 0 Å². The van der Waals surface area contributed by atoms with Crippen molar-refractivity contribution in [3.05, 3.63) is 65.3 Å². The summed E-state index contributed by atoms with van der Waals surface area (Å²) in [5.74, 6) is 1.28. The van der Waals surface area contributed by atoms with E-state index in [9.17, 15) is 4.39 Å². The van der Waals surface area contributed by atoms with Crippen LogP contribution < -0.4 is 5.32 Å². The summed E-state index contributed by atoms with van der Waals surface area (Å²) in [5, 5.41) is 2.85. The van der Waals surface area contributed by atoms with Crippen molar-refractivity contribution in [2.45, 2.75) is 34.1 Å². The Morgan fingerprint density at radius 2 is 1.90 bits per heavy atom. The Hall–Kier alpha value is -2.53. The predicted molar refractivity (Wildman–Crippen MR) is 125 cm³/mol. The SMILES string of the molecule is C=C(\N=C/C=C(C)/C(C)=C(/N=CC)c1ccc(F)cc1)NC.CC1CCN(C)C1. The minimum Gasteiger partial charge on any atom is -0.374 e. The van der Waals surface area contributed by atoms with E-state index in [0.29, 0.717) is 5.82 Å². The maximum Gasteiger partial charge on any atom is 0.123 e. The van der Waals surface area contributed by atoms with Gasteiger partial charge < -0.3 is 10.2 Å². The standard InChI is InChI=1S/C18H22FN3.C6H13N/c1-6-21-18(16-7-9-17(19)10-8-16)14(3)13(2)11-12-22-15(4)20-5;1-6-3-4-7(2)5-6/h6-12,20H,4H2,1-3,5H3;6H,3-5H2,1-2H3/b13-11+,18-14+,21-6?,22-12-;. The molecule has 0 saturated carbocycles. The topological polar surface area (TPSA) is 40.0 Å². The van der Waals surface area contributed by atoms with E-state index < -0.39 is 0 Å². The molecule has 0 spiro atoms. The van der Waals surface area contributed by atoms with Gasteiger partial charge >= 0.3 is 0 Å². The summed E-state index contributed by atoms with van der Waals surface area (Å²) in [6.07, 6.45) is 6.71.